The zero-order chi connectivity index (χ0) is 58.5. The molecule has 1 aromatic carbocycles. The number of nitrogens with zero attached hydrogens (tertiary/aromatic N) is 5. The molecule has 0 unspecified atom stereocenters. The van der Waals surface area contributed by atoms with Crippen LogP contribution in [0.5, 0.6) is 0 Å². The molecule has 20 heteroatoms. The van der Waals surface area contributed by atoms with Gasteiger partial charge in [0.25, 0.3) is 0 Å². The average molecular weight is 1140 g/mol. The maximum Gasteiger partial charge on any atom is 0.307 e. The Morgan fingerprint density at radius 2 is 1.44 bits per heavy atom. The fourth-order valence-corrected chi connectivity index (χ4v) is 21.4. The molecule has 1 N–H and O–H groups in total. The van der Waals surface area contributed by atoms with Gasteiger partial charge in [-0.15, -0.1) is 0 Å². The Bertz CT molecular complexity index is 2190. The molecule has 0 saturated carbocycles. The van der Waals surface area contributed by atoms with Crippen molar-refractivity contribution in [3.8, 4) is 0 Å². The number of methoxy groups -OCH3 is 2. The molecule has 0 bridgehead atoms. The lowest BCUT2D eigenvalue weighted by Gasteiger charge is -2.40. The number of likely N-dealkylation sites (tertiary alicyclic amines) is 1. The Labute approximate surface area is 473 Å². The number of rotatable bonds is 37. The number of ketones is 2. The van der Waals surface area contributed by atoms with E-state index in [1.807, 2.05) is 78.8 Å². The molecule has 2 aromatic rings. The first-order valence-corrected chi connectivity index (χ1v) is 35.4. The van der Waals surface area contributed by atoms with Crippen LogP contribution in [-0.2, 0) is 64.9 Å². The van der Waals surface area contributed by atoms with E-state index < -0.39 is 70.7 Å². The highest BCUT2D eigenvalue weighted by atomic mass is 32.2. The van der Waals surface area contributed by atoms with E-state index in [-0.39, 0.29) is 79.1 Å². The van der Waals surface area contributed by atoms with Crippen molar-refractivity contribution in [3.05, 3.63) is 53.9 Å². The molecule has 78 heavy (non-hydrogen) atoms. The molecule has 0 radical (unpaired) electrons. The molecule has 1 fully saturated rings. The van der Waals surface area contributed by atoms with Gasteiger partial charge in [0.1, 0.15) is 5.78 Å². The molecule has 1 saturated heterocycles. The quantitative estimate of drug-likeness (QED) is 0.0290. The van der Waals surface area contributed by atoms with Gasteiger partial charge in [0.15, 0.2) is 27.6 Å². The van der Waals surface area contributed by atoms with Gasteiger partial charge >= 0.3 is 5.97 Å². The zero-order valence-corrected chi connectivity index (χ0v) is 52.9. The SMILES string of the molecule is CCOCCOCc1cnc(SC[Si](C)(C)O[Si](C)(C)CCCC(=O)N(C)[C@H](C(=O)C[C@H](C(=O)N(C)[C@@H](C(C)C)[C@@H](CC(=O)N2CCC[C@H]2[C@H](OC)[C@@H](C)C(=O)C[C@@H](Cc2ccccc2)C(=O)O)OC)C(C)C)C(C)C)nc1. The molecule has 0 spiro atoms. The minimum atomic E-state index is -2.18. The summed E-state index contributed by atoms with van der Waals surface area (Å²) in [6.45, 7) is 26.7. The summed E-state index contributed by atoms with van der Waals surface area (Å²) >= 11 is 1.59. The van der Waals surface area contributed by atoms with Gasteiger partial charge in [0.05, 0.1) is 62.5 Å². The van der Waals surface area contributed by atoms with Crippen molar-refractivity contribution < 1.29 is 56.9 Å². The number of ether oxygens (including phenoxy) is 4. The van der Waals surface area contributed by atoms with Crippen molar-refractivity contribution in [3.63, 3.8) is 0 Å². The Morgan fingerprint density at radius 3 is 2.00 bits per heavy atom. The lowest BCUT2D eigenvalue weighted by atomic mass is 9.84. The van der Waals surface area contributed by atoms with Gasteiger partial charge in [0.2, 0.25) is 17.7 Å². The summed E-state index contributed by atoms with van der Waals surface area (Å²) in [7, 11) is 2.13. The van der Waals surface area contributed by atoms with Crippen LogP contribution in [0.1, 0.15) is 111 Å². The molecular weight excluding hydrogens is 1050 g/mol. The van der Waals surface area contributed by atoms with Gasteiger partial charge in [-0.3, -0.25) is 28.8 Å². The van der Waals surface area contributed by atoms with E-state index in [0.717, 1.165) is 22.5 Å². The summed E-state index contributed by atoms with van der Waals surface area (Å²) in [5, 5.41) is 11.5. The second kappa shape index (κ2) is 33.1. The molecule has 3 amide bonds. The summed E-state index contributed by atoms with van der Waals surface area (Å²) in [4.78, 5) is 97.5. The smallest absolute Gasteiger partial charge is 0.307 e. The van der Waals surface area contributed by atoms with Crippen LogP contribution < -0.4 is 0 Å². The second-order valence-electron chi connectivity index (χ2n) is 23.4. The van der Waals surface area contributed by atoms with Crippen LogP contribution in [0.2, 0.25) is 32.2 Å². The topological polar surface area (TPSA) is 204 Å². The molecular formula is C58H97N5O12SSi2. The molecule has 0 aliphatic carbocycles. The standard InChI is InChI=1S/C58H97N5O12SSi2/c1-17-73-28-29-74-37-44-35-59-58(60-36-44)76-38-78(15,16)75-77(13,14)30-22-26-51(66)61(9)53(40(4)5)49(65)33-46(39(2)3)56(68)62(10)54(41(6)7)50(71-11)34-52(67)63-27-21-25-47(63)55(72-12)42(8)48(64)32-45(57(69)70)31-43-23-19-18-20-24-43/h18-20,23-24,35-36,39-42,45-47,50,53-55H,17,21-22,25-34,37-38H2,1-16H3,(H,69,70)/t42-,45+,46-,47-,50+,53-,54-,55+/m0/s1. The Kier molecular flexibility index (Phi) is 29.0. The minimum Gasteiger partial charge on any atom is -0.481 e. The van der Waals surface area contributed by atoms with Crippen LogP contribution in [0.3, 0.4) is 0 Å². The third kappa shape index (κ3) is 21.5. The molecule has 1 aromatic heterocycles. The predicted octanol–water partition coefficient (Wildman–Crippen LogP) is 9.02. The fourth-order valence-electron chi connectivity index (χ4n) is 11.1. The van der Waals surface area contributed by atoms with Crippen LogP contribution >= 0.6 is 11.8 Å². The van der Waals surface area contributed by atoms with Gasteiger partial charge in [-0.05, 0) is 88.2 Å². The molecule has 8 atom stereocenters. The number of likely N-dealkylation sites (N-methyl/N-ethyl adjacent to an activating group) is 2. The van der Waals surface area contributed by atoms with Crippen molar-refractivity contribution in [2.45, 2.75) is 181 Å². The van der Waals surface area contributed by atoms with E-state index in [2.05, 4.69) is 36.2 Å². The van der Waals surface area contributed by atoms with Crippen molar-refractivity contribution in [2.75, 3.05) is 60.1 Å². The second-order valence-corrected chi connectivity index (χ2v) is 33.6. The molecule has 17 nitrogen and oxygen atoms in total. The maximum absolute atomic E-state index is 14.7. The first kappa shape index (κ1) is 68.4. The van der Waals surface area contributed by atoms with E-state index in [4.69, 9.17) is 23.1 Å². The lowest BCUT2D eigenvalue weighted by molar-refractivity contribution is -0.149. The van der Waals surface area contributed by atoms with Crippen molar-refractivity contribution >= 4 is 63.7 Å². The van der Waals surface area contributed by atoms with Crippen LogP contribution in [0.25, 0.3) is 0 Å². The maximum atomic E-state index is 14.7. The van der Waals surface area contributed by atoms with Crippen molar-refractivity contribution in [2.24, 2.45) is 35.5 Å². The van der Waals surface area contributed by atoms with Crippen LogP contribution in [0, 0.1) is 35.5 Å². The largest absolute Gasteiger partial charge is 0.481 e. The summed E-state index contributed by atoms with van der Waals surface area (Å²) in [6.07, 6.45) is 4.38. The molecule has 3 rings (SSSR count). The number of hydrogen-bond acceptors (Lipinski definition) is 14. The van der Waals surface area contributed by atoms with Crippen molar-refractivity contribution in [1.29, 1.82) is 0 Å². The number of Topliss-reactive ketones (excluding diaryl/α,β-unsaturated/α-hetero) is 2. The van der Waals surface area contributed by atoms with Crippen molar-refractivity contribution in [1.82, 2.24) is 24.7 Å². The Morgan fingerprint density at radius 1 is 0.795 bits per heavy atom. The minimum absolute atomic E-state index is 0.0411. The normalized spacial score (nSPS) is 16.9. The van der Waals surface area contributed by atoms with E-state index in [1.54, 1.807) is 59.9 Å². The predicted molar refractivity (Wildman–Crippen MR) is 311 cm³/mol. The average Bonchev–Trinajstić information content (AvgIpc) is 3.86. The Balaban J connectivity index is 1.63. The van der Waals surface area contributed by atoms with Crippen LogP contribution in [-0.4, -0.2) is 172 Å². The number of aliphatic carboxylic acids is 1. The molecule has 1 aliphatic rings. The molecule has 2 heterocycles. The number of carboxylic acids is 1. The number of carboxylic acid groups (broad SMARTS) is 1. The van der Waals surface area contributed by atoms with Crippen LogP contribution in [0.15, 0.2) is 47.9 Å². The number of carbonyl (C=O) groups is 6. The summed E-state index contributed by atoms with van der Waals surface area (Å²) in [6, 6.07) is 8.32. The summed E-state index contributed by atoms with van der Waals surface area (Å²) in [5.41, 5.74) is 1.74. The van der Waals surface area contributed by atoms with Gasteiger partial charge in [0, 0.05) is 95.9 Å². The lowest BCUT2D eigenvalue weighted by Crippen LogP contribution is -2.54. The van der Waals surface area contributed by atoms with Gasteiger partial charge in [-0.1, -0.05) is 90.6 Å². The third-order valence-electron chi connectivity index (χ3n) is 15.0. The highest BCUT2D eigenvalue weighted by Gasteiger charge is 2.44. The number of carbonyl (C=O) groups excluding carboxylic acids is 5. The number of hydrogen-bond donors (Lipinski definition) is 1. The number of benzene rings is 1. The van der Waals surface area contributed by atoms with E-state index in [0.29, 0.717) is 57.4 Å². The van der Waals surface area contributed by atoms with Crippen LogP contribution in [0.4, 0.5) is 0 Å². The highest BCUT2D eigenvalue weighted by molar-refractivity contribution is 8.00. The summed E-state index contributed by atoms with van der Waals surface area (Å²) < 4.78 is 29.9. The highest BCUT2D eigenvalue weighted by Crippen LogP contribution is 2.32. The molecule has 440 valence electrons. The third-order valence-corrected chi connectivity index (χ3v) is 24.8. The fraction of sp³-hybridized carbons (Fsp3) is 0.724. The molecule has 1 aliphatic heterocycles. The first-order valence-electron chi connectivity index (χ1n) is 28.2. The summed E-state index contributed by atoms with van der Waals surface area (Å²) in [5.74, 6) is -4.86. The van der Waals surface area contributed by atoms with E-state index in [9.17, 15) is 33.9 Å². The van der Waals surface area contributed by atoms with Gasteiger partial charge in [-0.25, -0.2) is 9.97 Å². The number of amides is 3. The van der Waals surface area contributed by atoms with E-state index in [1.165, 1.54) is 14.2 Å². The Hall–Kier alpha value is -3.90. The monoisotopic (exact) mass is 1140 g/mol. The van der Waals surface area contributed by atoms with E-state index >= 15 is 0 Å². The zero-order valence-electron chi connectivity index (χ0n) is 50.1. The van der Waals surface area contributed by atoms with Gasteiger partial charge < -0.3 is 42.9 Å². The number of aromatic nitrogens is 2. The van der Waals surface area contributed by atoms with Gasteiger partial charge in [-0.2, -0.15) is 0 Å². The first-order chi connectivity index (χ1) is 36.7. The number of thioether (sulfide) groups is 1.